The normalized spacial score (nSPS) is 12.9. The zero-order valence-corrected chi connectivity index (χ0v) is 17.6. The second kappa shape index (κ2) is 8.20. The highest BCUT2D eigenvalue weighted by Gasteiger charge is 2.15. The number of ether oxygens (including phenoxy) is 2. The van der Waals surface area contributed by atoms with E-state index in [-0.39, 0.29) is 12.7 Å². The van der Waals surface area contributed by atoms with Crippen LogP contribution in [0.3, 0.4) is 0 Å². The first-order valence-corrected chi connectivity index (χ1v) is 10.7. The number of hydrogen-bond acceptors (Lipinski definition) is 6. The van der Waals surface area contributed by atoms with Gasteiger partial charge in [0.2, 0.25) is 6.79 Å². The molecule has 0 spiro atoms. The van der Waals surface area contributed by atoms with Gasteiger partial charge in [-0.25, -0.2) is 10.4 Å². The van der Waals surface area contributed by atoms with Crippen LogP contribution in [-0.4, -0.2) is 23.4 Å². The fourth-order valence-electron chi connectivity index (χ4n) is 3.51. The second-order valence-corrected chi connectivity index (χ2v) is 8.15. The van der Waals surface area contributed by atoms with Crippen molar-refractivity contribution in [3.05, 3.63) is 77.2 Å². The lowest BCUT2D eigenvalue weighted by Crippen LogP contribution is -2.20. The molecule has 154 valence electrons. The Bertz CT molecular complexity index is 1300. The molecule has 0 unspecified atom stereocenters. The van der Waals surface area contributed by atoms with E-state index in [1.807, 2.05) is 73.0 Å². The Morgan fingerprint density at radius 2 is 1.97 bits per heavy atom. The van der Waals surface area contributed by atoms with Gasteiger partial charge in [-0.1, -0.05) is 30.3 Å². The molecule has 0 bridgehead atoms. The minimum atomic E-state index is -0.263. The van der Waals surface area contributed by atoms with Crippen molar-refractivity contribution in [2.75, 3.05) is 6.79 Å². The fourth-order valence-corrected chi connectivity index (χ4v) is 4.19. The molecule has 1 aliphatic rings. The van der Waals surface area contributed by atoms with Crippen LogP contribution in [0.2, 0.25) is 0 Å². The first kappa shape index (κ1) is 19.3. The van der Waals surface area contributed by atoms with E-state index < -0.39 is 0 Å². The van der Waals surface area contributed by atoms with Crippen molar-refractivity contribution in [2.45, 2.75) is 13.3 Å². The minimum Gasteiger partial charge on any atom is -0.454 e. The third kappa shape index (κ3) is 4.00. The van der Waals surface area contributed by atoms with E-state index in [9.17, 15) is 4.79 Å². The maximum atomic E-state index is 13.0. The van der Waals surface area contributed by atoms with Crippen LogP contribution in [0.5, 0.6) is 11.5 Å². The van der Waals surface area contributed by atoms with E-state index in [1.165, 1.54) is 0 Å². The summed E-state index contributed by atoms with van der Waals surface area (Å²) in [5.41, 5.74) is 6.63. The van der Waals surface area contributed by atoms with E-state index in [1.54, 1.807) is 11.3 Å². The molecule has 6 nitrogen and oxygen atoms in total. The van der Waals surface area contributed by atoms with Gasteiger partial charge in [-0.2, -0.15) is 5.10 Å². The monoisotopic (exact) mass is 429 g/mol. The van der Waals surface area contributed by atoms with Crippen molar-refractivity contribution >= 4 is 33.9 Å². The average molecular weight is 430 g/mol. The number of carbonyl (C=O) groups is 1. The van der Waals surface area contributed by atoms with E-state index >= 15 is 0 Å². The van der Waals surface area contributed by atoms with Crippen molar-refractivity contribution in [3.8, 4) is 22.1 Å². The van der Waals surface area contributed by atoms with Crippen molar-refractivity contribution < 1.29 is 14.3 Å². The molecule has 5 rings (SSSR count). The third-order valence-electron chi connectivity index (χ3n) is 4.98. The van der Waals surface area contributed by atoms with Crippen LogP contribution in [0.1, 0.15) is 22.8 Å². The van der Waals surface area contributed by atoms with Crippen LogP contribution < -0.4 is 14.9 Å². The van der Waals surface area contributed by atoms with Crippen molar-refractivity contribution in [1.29, 1.82) is 0 Å². The second-order valence-electron chi connectivity index (χ2n) is 7.20. The number of rotatable bonds is 5. The van der Waals surface area contributed by atoms with Gasteiger partial charge in [-0.15, -0.1) is 11.3 Å². The third-order valence-corrected chi connectivity index (χ3v) is 5.87. The Morgan fingerprint density at radius 1 is 1.10 bits per heavy atom. The molecule has 0 saturated heterocycles. The summed E-state index contributed by atoms with van der Waals surface area (Å²) in [7, 11) is 0. The predicted octanol–water partition coefficient (Wildman–Crippen LogP) is 5.04. The van der Waals surface area contributed by atoms with Crippen molar-refractivity contribution in [2.24, 2.45) is 5.10 Å². The fraction of sp³-hybridized carbons (Fsp3) is 0.125. The largest absolute Gasteiger partial charge is 0.454 e. The Kier molecular flexibility index (Phi) is 5.09. The number of para-hydroxylation sites is 1. The number of pyridine rings is 1. The van der Waals surface area contributed by atoms with E-state index in [0.29, 0.717) is 12.0 Å². The van der Waals surface area contributed by atoms with Crippen molar-refractivity contribution in [3.63, 3.8) is 0 Å². The molecule has 0 atom stereocenters. The summed E-state index contributed by atoms with van der Waals surface area (Å²) in [6.45, 7) is 2.13. The lowest BCUT2D eigenvalue weighted by Gasteiger charge is -2.09. The maximum Gasteiger partial charge on any atom is 0.272 e. The van der Waals surface area contributed by atoms with Gasteiger partial charge in [-0.05, 0) is 48.2 Å². The Hall–Kier alpha value is -3.71. The first-order valence-electron chi connectivity index (χ1n) is 9.83. The van der Waals surface area contributed by atoms with Gasteiger partial charge in [0.15, 0.2) is 11.5 Å². The standard InChI is InChI=1S/C24H19N3O3S/c1-15(11-16-8-9-21-22(12-16)30-14-29-21)26-27-24(28)18-13-20(23-7-4-10-31-23)25-19-6-3-2-5-17(18)19/h2-10,12-13H,11,14H2,1H3,(H,27,28)/b26-15-. The number of fused-ring (bicyclic) bond motifs is 2. The Morgan fingerprint density at radius 3 is 2.84 bits per heavy atom. The van der Waals surface area contributed by atoms with Crippen LogP contribution in [0.4, 0.5) is 0 Å². The molecule has 0 fully saturated rings. The highest BCUT2D eigenvalue weighted by atomic mass is 32.1. The number of carbonyl (C=O) groups excluding carboxylic acids is 1. The zero-order valence-electron chi connectivity index (χ0n) is 16.8. The lowest BCUT2D eigenvalue weighted by atomic mass is 10.1. The molecule has 1 amide bonds. The summed E-state index contributed by atoms with van der Waals surface area (Å²) >= 11 is 1.59. The zero-order chi connectivity index (χ0) is 21.2. The van der Waals surface area contributed by atoms with E-state index in [2.05, 4.69) is 10.5 Å². The molecule has 7 heteroatoms. The van der Waals surface area contributed by atoms with Crippen LogP contribution in [0.15, 0.2) is 71.1 Å². The molecule has 2 aromatic carbocycles. The number of hydrazone groups is 1. The topological polar surface area (TPSA) is 72.8 Å². The maximum absolute atomic E-state index is 13.0. The lowest BCUT2D eigenvalue weighted by molar-refractivity contribution is 0.0956. The molecule has 0 saturated carbocycles. The quantitative estimate of drug-likeness (QED) is 0.356. The first-order chi connectivity index (χ1) is 15.2. The molecule has 0 aliphatic carbocycles. The highest BCUT2D eigenvalue weighted by molar-refractivity contribution is 7.13. The number of hydrogen-bond donors (Lipinski definition) is 1. The van der Waals surface area contributed by atoms with Gasteiger partial charge in [0.1, 0.15) is 0 Å². The van der Waals surface area contributed by atoms with Crippen LogP contribution >= 0.6 is 11.3 Å². The van der Waals surface area contributed by atoms with Crippen LogP contribution in [0, 0.1) is 0 Å². The van der Waals surface area contributed by atoms with Gasteiger partial charge in [-0.3, -0.25) is 4.79 Å². The van der Waals surface area contributed by atoms with Gasteiger partial charge >= 0.3 is 0 Å². The molecular weight excluding hydrogens is 410 g/mol. The van der Waals surface area contributed by atoms with Gasteiger partial charge in [0.25, 0.3) is 5.91 Å². The number of benzene rings is 2. The van der Waals surface area contributed by atoms with E-state index in [4.69, 9.17) is 14.5 Å². The summed E-state index contributed by atoms with van der Waals surface area (Å²) in [6.07, 6.45) is 0.592. The van der Waals surface area contributed by atoms with Gasteiger partial charge < -0.3 is 9.47 Å². The van der Waals surface area contributed by atoms with Crippen molar-refractivity contribution in [1.82, 2.24) is 10.4 Å². The summed E-state index contributed by atoms with van der Waals surface area (Å²) in [6, 6.07) is 19.2. The number of amides is 1. The SMILES string of the molecule is C/C(Cc1ccc2c(c1)OCO2)=N/NC(=O)c1cc(-c2cccs2)nc2ccccc12. The minimum absolute atomic E-state index is 0.245. The summed E-state index contributed by atoms with van der Waals surface area (Å²) in [4.78, 5) is 18.7. The molecular formula is C24H19N3O3S. The molecule has 2 aromatic heterocycles. The van der Waals surface area contributed by atoms with Crippen LogP contribution in [0.25, 0.3) is 21.5 Å². The number of aromatic nitrogens is 1. The molecule has 3 heterocycles. The number of thiophene rings is 1. The number of nitrogens with zero attached hydrogens (tertiary/aromatic N) is 2. The highest BCUT2D eigenvalue weighted by Crippen LogP contribution is 2.32. The molecule has 1 aliphatic heterocycles. The summed E-state index contributed by atoms with van der Waals surface area (Å²) in [5.74, 6) is 1.22. The van der Waals surface area contributed by atoms with Gasteiger partial charge in [0, 0.05) is 17.5 Å². The summed E-state index contributed by atoms with van der Waals surface area (Å²) in [5, 5.41) is 7.11. The number of nitrogens with one attached hydrogen (secondary N) is 1. The molecule has 4 aromatic rings. The summed E-state index contributed by atoms with van der Waals surface area (Å²) < 4.78 is 10.8. The molecule has 0 radical (unpaired) electrons. The Balaban J connectivity index is 1.38. The van der Waals surface area contributed by atoms with E-state index in [0.717, 1.165) is 44.2 Å². The molecule has 31 heavy (non-hydrogen) atoms. The average Bonchev–Trinajstić information content (AvgIpc) is 3.48. The smallest absolute Gasteiger partial charge is 0.272 e. The Labute approximate surface area is 183 Å². The van der Waals surface area contributed by atoms with Crippen LogP contribution in [-0.2, 0) is 6.42 Å². The molecule has 1 N–H and O–H groups in total. The van der Waals surface area contributed by atoms with Gasteiger partial charge in [0.05, 0.1) is 21.7 Å². The predicted molar refractivity (Wildman–Crippen MR) is 122 cm³/mol.